The van der Waals surface area contributed by atoms with Crippen molar-refractivity contribution in [3.8, 4) is 0 Å². The summed E-state index contributed by atoms with van der Waals surface area (Å²) in [6.45, 7) is 2.52. The van der Waals surface area contributed by atoms with Gasteiger partial charge in [0.2, 0.25) is 0 Å². The lowest BCUT2D eigenvalue weighted by Gasteiger charge is -2.23. The lowest BCUT2D eigenvalue weighted by molar-refractivity contribution is 0.0693. The maximum Gasteiger partial charge on any atom is 0.132 e. The molecule has 0 saturated carbocycles. The van der Waals surface area contributed by atoms with Crippen LogP contribution in [0.5, 0.6) is 0 Å². The second-order valence-electron chi connectivity index (χ2n) is 4.16. The average molecular weight is 243 g/mol. The third-order valence-electron chi connectivity index (χ3n) is 2.68. The standard InChI is InChI=1S/C11H21N3O3/c1-8-10(6-15)11(14(3)12-8)13(2)5-9(16)7-17-4/h9,15-16H,5-7H2,1-4H3. The van der Waals surface area contributed by atoms with E-state index in [-0.39, 0.29) is 13.2 Å². The predicted molar refractivity (Wildman–Crippen MR) is 65.0 cm³/mol. The molecule has 0 fully saturated rings. The van der Waals surface area contributed by atoms with Gasteiger partial charge in [-0.05, 0) is 6.92 Å². The third kappa shape index (κ3) is 3.18. The van der Waals surface area contributed by atoms with Crippen LogP contribution in [0.3, 0.4) is 0 Å². The van der Waals surface area contributed by atoms with Crippen molar-refractivity contribution in [3.05, 3.63) is 11.3 Å². The SMILES string of the molecule is COCC(O)CN(C)c1c(CO)c(C)nn1C. The summed E-state index contributed by atoms with van der Waals surface area (Å²) in [5.41, 5.74) is 1.60. The van der Waals surface area contributed by atoms with Crippen LogP contribution in [0.25, 0.3) is 0 Å². The van der Waals surface area contributed by atoms with Crippen LogP contribution in [-0.2, 0) is 18.4 Å². The molecule has 6 nitrogen and oxygen atoms in total. The molecule has 17 heavy (non-hydrogen) atoms. The quantitative estimate of drug-likeness (QED) is 0.715. The number of anilines is 1. The van der Waals surface area contributed by atoms with Gasteiger partial charge < -0.3 is 19.8 Å². The number of hydrogen-bond donors (Lipinski definition) is 2. The van der Waals surface area contributed by atoms with Gasteiger partial charge in [0.05, 0.1) is 25.0 Å². The fourth-order valence-corrected chi connectivity index (χ4v) is 2.00. The van der Waals surface area contributed by atoms with Gasteiger partial charge in [-0.25, -0.2) is 0 Å². The fraction of sp³-hybridized carbons (Fsp3) is 0.727. The first kappa shape index (κ1) is 14.0. The Bertz CT molecular complexity index is 365. The summed E-state index contributed by atoms with van der Waals surface area (Å²) in [4.78, 5) is 1.87. The second-order valence-corrected chi connectivity index (χ2v) is 4.16. The van der Waals surface area contributed by atoms with Crippen molar-refractivity contribution >= 4 is 5.82 Å². The second kappa shape index (κ2) is 6.00. The number of aromatic nitrogens is 2. The molecule has 0 aliphatic heterocycles. The van der Waals surface area contributed by atoms with Gasteiger partial charge in [-0.2, -0.15) is 5.10 Å². The summed E-state index contributed by atoms with van der Waals surface area (Å²) >= 11 is 0. The molecule has 6 heteroatoms. The van der Waals surface area contributed by atoms with Gasteiger partial charge in [-0.15, -0.1) is 0 Å². The van der Waals surface area contributed by atoms with E-state index in [2.05, 4.69) is 5.10 Å². The van der Waals surface area contributed by atoms with Crippen LogP contribution in [0, 0.1) is 6.92 Å². The van der Waals surface area contributed by atoms with Crippen molar-refractivity contribution in [2.45, 2.75) is 19.6 Å². The summed E-state index contributed by atoms with van der Waals surface area (Å²) < 4.78 is 6.59. The molecule has 0 bridgehead atoms. The van der Waals surface area contributed by atoms with Crippen molar-refractivity contribution in [1.82, 2.24) is 9.78 Å². The minimum Gasteiger partial charge on any atom is -0.391 e. The van der Waals surface area contributed by atoms with Crippen LogP contribution >= 0.6 is 0 Å². The number of nitrogens with zero attached hydrogens (tertiary/aromatic N) is 3. The van der Waals surface area contributed by atoms with Crippen LogP contribution in [-0.4, -0.2) is 53.4 Å². The first-order valence-corrected chi connectivity index (χ1v) is 5.52. The number of aliphatic hydroxyl groups excluding tert-OH is 2. The van der Waals surface area contributed by atoms with E-state index in [9.17, 15) is 10.2 Å². The van der Waals surface area contributed by atoms with E-state index >= 15 is 0 Å². The molecule has 0 aliphatic rings. The molecule has 0 aromatic carbocycles. The highest BCUT2D eigenvalue weighted by atomic mass is 16.5. The largest absolute Gasteiger partial charge is 0.391 e. The van der Waals surface area contributed by atoms with Gasteiger partial charge >= 0.3 is 0 Å². The topological polar surface area (TPSA) is 70.8 Å². The van der Waals surface area contributed by atoms with Crippen LogP contribution in [0.15, 0.2) is 0 Å². The first-order chi connectivity index (χ1) is 8.01. The highest BCUT2D eigenvalue weighted by molar-refractivity contribution is 5.49. The van der Waals surface area contributed by atoms with Crippen molar-refractivity contribution in [2.75, 3.05) is 32.2 Å². The zero-order valence-corrected chi connectivity index (χ0v) is 10.8. The van der Waals surface area contributed by atoms with E-state index in [1.807, 2.05) is 25.9 Å². The van der Waals surface area contributed by atoms with Gasteiger partial charge in [-0.1, -0.05) is 0 Å². The molecule has 1 aromatic rings. The third-order valence-corrected chi connectivity index (χ3v) is 2.68. The van der Waals surface area contributed by atoms with E-state index in [0.717, 1.165) is 17.1 Å². The monoisotopic (exact) mass is 243 g/mol. The van der Waals surface area contributed by atoms with E-state index in [4.69, 9.17) is 4.74 Å². The van der Waals surface area contributed by atoms with Crippen LogP contribution in [0.4, 0.5) is 5.82 Å². The predicted octanol–water partition coefficient (Wildman–Crippen LogP) is -0.336. The molecular weight excluding hydrogens is 222 g/mol. The smallest absolute Gasteiger partial charge is 0.132 e. The van der Waals surface area contributed by atoms with Crippen molar-refractivity contribution in [2.24, 2.45) is 7.05 Å². The molecule has 0 radical (unpaired) electrons. The fourth-order valence-electron chi connectivity index (χ4n) is 2.00. The summed E-state index contributed by atoms with van der Waals surface area (Å²) in [5.74, 6) is 0.820. The lowest BCUT2D eigenvalue weighted by atomic mass is 10.2. The van der Waals surface area contributed by atoms with Crippen molar-refractivity contribution in [1.29, 1.82) is 0 Å². The number of methoxy groups -OCH3 is 1. The van der Waals surface area contributed by atoms with E-state index in [0.29, 0.717) is 6.54 Å². The number of likely N-dealkylation sites (N-methyl/N-ethyl adjacent to an activating group) is 1. The molecule has 1 rings (SSSR count). The van der Waals surface area contributed by atoms with Gasteiger partial charge in [0, 0.05) is 33.3 Å². The molecule has 1 unspecified atom stereocenters. The van der Waals surface area contributed by atoms with E-state index in [1.165, 1.54) is 0 Å². The van der Waals surface area contributed by atoms with Gasteiger partial charge in [0.25, 0.3) is 0 Å². The van der Waals surface area contributed by atoms with Crippen molar-refractivity contribution < 1.29 is 14.9 Å². The Kier molecular flexibility index (Phi) is 4.92. The molecule has 1 aromatic heterocycles. The van der Waals surface area contributed by atoms with Gasteiger partial charge in [0.15, 0.2) is 0 Å². The number of rotatable bonds is 6. The van der Waals surface area contributed by atoms with E-state index < -0.39 is 6.10 Å². The Morgan fingerprint density at radius 3 is 2.71 bits per heavy atom. The Hall–Kier alpha value is -1.11. The summed E-state index contributed by atoms with van der Waals surface area (Å²) in [5, 5.41) is 23.3. The maximum atomic E-state index is 9.68. The zero-order valence-electron chi connectivity index (χ0n) is 10.8. The molecule has 2 N–H and O–H groups in total. The molecule has 0 saturated heterocycles. The minimum atomic E-state index is -0.563. The summed E-state index contributed by atoms with van der Waals surface area (Å²) in [7, 11) is 5.23. The average Bonchev–Trinajstić information content (AvgIpc) is 2.52. The Labute approximate surface area is 101 Å². The zero-order chi connectivity index (χ0) is 13.0. The lowest BCUT2D eigenvalue weighted by Crippen LogP contribution is -2.33. The highest BCUT2D eigenvalue weighted by Crippen LogP contribution is 2.22. The van der Waals surface area contributed by atoms with Gasteiger partial charge in [-0.3, -0.25) is 4.68 Å². The maximum absolute atomic E-state index is 9.68. The minimum absolute atomic E-state index is 0.0558. The Balaban J connectivity index is 2.84. The molecule has 0 amide bonds. The highest BCUT2D eigenvalue weighted by Gasteiger charge is 2.18. The summed E-state index contributed by atoms with van der Waals surface area (Å²) in [6, 6.07) is 0. The normalized spacial score (nSPS) is 12.8. The molecule has 1 atom stereocenters. The number of aliphatic hydroxyl groups is 2. The number of aryl methyl sites for hydroxylation is 2. The first-order valence-electron chi connectivity index (χ1n) is 5.52. The van der Waals surface area contributed by atoms with Crippen molar-refractivity contribution in [3.63, 3.8) is 0 Å². The molecule has 0 aliphatic carbocycles. The van der Waals surface area contributed by atoms with Crippen LogP contribution in [0.2, 0.25) is 0 Å². The molecular formula is C11H21N3O3. The number of ether oxygens (including phenoxy) is 1. The van der Waals surface area contributed by atoms with E-state index in [1.54, 1.807) is 11.8 Å². The molecule has 0 spiro atoms. The Morgan fingerprint density at radius 2 is 2.18 bits per heavy atom. The molecule has 98 valence electrons. The summed E-state index contributed by atoms with van der Waals surface area (Å²) in [6.07, 6.45) is -0.563. The molecule has 1 heterocycles. The van der Waals surface area contributed by atoms with Crippen LogP contribution in [0.1, 0.15) is 11.3 Å². The van der Waals surface area contributed by atoms with Gasteiger partial charge in [0.1, 0.15) is 5.82 Å². The van der Waals surface area contributed by atoms with Crippen LogP contribution < -0.4 is 4.90 Å². The number of hydrogen-bond acceptors (Lipinski definition) is 5. The Morgan fingerprint density at radius 1 is 1.53 bits per heavy atom.